The molecule has 5 heteroatoms. The number of nitrogens with one attached hydrogen (secondary N) is 2. The second-order valence-corrected chi connectivity index (χ2v) is 5.27. The van der Waals surface area contributed by atoms with Crippen LogP contribution in [0.5, 0.6) is 0 Å². The molecule has 0 radical (unpaired) electrons. The van der Waals surface area contributed by atoms with Gasteiger partial charge in [-0.3, -0.25) is 4.79 Å². The fourth-order valence-corrected chi connectivity index (χ4v) is 2.57. The number of carbonyl (C=O) groups is 1. The van der Waals surface area contributed by atoms with Crippen LogP contribution < -0.4 is 10.6 Å². The first-order valence-corrected chi connectivity index (χ1v) is 7.10. The third kappa shape index (κ3) is 4.76. The molecule has 1 rings (SSSR count). The van der Waals surface area contributed by atoms with Gasteiger partial charge in [-0.1, -0.05) is 13.8 Å². The molecule has 0 unspecified atom stereocenters. The normalized spacial score (nSPS) is 10.9. The van der Waals surface area contributed by atoms with E-state index in [1.807, 2.05) is 11.4 Å². The molecule has 0 aromatic carbocycles. The number of rotatable bonds is 8. The van der Waals surface area contributed by atoms with Gasteiger partial charge < -0.3 is 15.4 Å². The standard InChI is InChI=1S/C13H22N2O2S/c1-10(2)11-4-9-18-12(11)13(16)15-6-5-14-7-8-17-3/h4,9-10,14H,5-8H2,1-3H3,(H,15,16). The summed E-state index contributed by atoms with van der Waals surface area (Å²) in [4.78, 5) is 12.8. The van der Waals surface area contributed by atoms with Crippen molar-refractivity contribution in [2.24, 2.45) is 0 Å². The first kappa shape index (κ1) is 15.1. The molecule has 2 N–H and O–H groups in total. The predicted octanol–water partition coefficient (Wildman–Crippen LogP) is 1.84. The van der Waals surface area contributed by atoms with Gasteiger partial charge >= 0.3 is 0 Å². The average Bonchev–Trinajstić information content (AvgIpc) is 2.82. The van der Waals surface area contributed by atoms with Gasteiger partial charge in [0.1, 0.15) is 0 Å². The van der Waals surface area contributed by atoms with Gasteiger partial charge in [0, 0.05) is 26.7 Å². The smallest absolute Gasteiger partial charge is 0.261 e. The second-order valence-electron chi connectivity index (χ2n) is 4.36. The SMILES string of the molecule is COCCNCCNC(=O)c1sccc1C(C)C. The number of thiophene rings is 1. The first-order chi connectivity index (χ1) is 8.66. The summed E-state index contributed by atoms with van der Waals surface area (Å²) in [5, 5.41) is 8.09. The Balaban J connectivity index is 2.30. The van der Waals surface area contributed by atoms with E-state index < -0.39 is 0 Å². The molecular formula is C13H22N2O2S. The maximum Gasteiger partial charge on any atom is 0.261 e. The minimum absolute atomic E-state index is 0.0299. The van der Waals surface area contributed by atoms with E-state index in [1.54, 1.807) is 7.11 Å². The maximum atomic E-state index is 12.0. The quantitative estimate of drug-likeness (QED) is 0.709. The number of carbonyl (C=O) groups excluding carboxylic acids is 1. The van der Waals surface area contributed by atoms with E-state index in [-0.39, 0.29) is 5.91 Å². The lowest BCUT2D eigenvalue weighted by Gasteiger charge is -2.08. The number of amides is 1. The molecule has 0 saturated heterocycles. The lowest BCUT2D eigenvalue weighted by Crippen LogP contribution is -2.33. The van der Waals surface area contributed by atoms with Crippen LogP contribution in [0.25, 0.3) is 0 Å². The van der Waals surface area contributed by atoms with Crippen molar-refractivity contribution in [2.75, 3.05) is 33.4 Å². The molecule has 4 nitrogen and oxygen atoms in total. The molecule has 0 saturated carbocycles. The second kappa shape index (κ2) is 8.24. The molecule has 102 valence electrons. The van der Waals surface area contributed by atoms with Gasteiger partial charge in [0.2, 0.25) is 0 Å². The van der Waals surface area contributed by atoms with Gasteiger partial charge in [0.15, 0.2) is 0 Å². The highest BCUT2D eigenvalue weighted by molar-refractivity contribution is 7.12. The zero-order chi connectivity index (χ0) is 13.4. The Kier molecular flexibility index (Phi) is 6.93. The molecule has 18 heavy (non-hydrogen) atoms. The number of ether oxygens (including phenoxy) is 1. The van der Waals surface area contributed by atoms with Gasteiger partial charge in [0.05, 0.1) is 11.5 Å². The monoisotopic (exact) mass is 270 g/mol. The molecule has 1 heterocycles. The van der Waals surface area contributed by atoms with Crippen molar-refractivity contribution in [1.82, 2.24) is 10.6 Å². The minimum atomic E-state index is 0.0299. The largest absolute Gasteiger partial charge is 0.383 e. The topological polar surface area (TPSA) is 50.4 Å². The Bertz CT molecular complexity index is 364. The summed E-state index contributed by atoms with van der Waals surface area (Å²) in [6, 6.07) is 2.03. The maximum absolute atomic E-state index is 12.0. The van der Waals surface area contributed by atoms with Gasteiger partial charge in [-0.2, -0.15) is 0 Å². The fraction of sp³-hybridized carbons (Fsp3) is 0.615. The van der Waals surface area contributed by atoms with E-state index in [0.717, 1.165) is 23.5 Å². The van der Waals surface area contributed by atoms with Gasteiger partial charge in [0.25, 0.3) is 5.91 Å². The summed E-state index contributed by atoms with van der Waals surface area (Å²) in [6.45, 7) is 7.10. The summed E-state index contributed by atoms with van der Waals surface area (Å²) in [7, 11) is 1.67. The lowest BCUT2D eigenvalue weighted by atomic mass is 10.0. The molecular weight excluding hydrogens is 248 g/mol. The van der Waals surface area contributed by atoms with Crippen LogP contribution in [0.2, 0.25) is 0 Å². The number of methoxy groups -OCH3 is 1. The number of hydrogen-bond donors (Lipinski definition) is 2. The van der Waals surface area contributed by atoms with Gasteiger partial charge in [-0.05, 0) is 22.9 Å². The Morgan fingerprint density at radius 3 is 2.83 bits per heavy atom. The minimum Gasteiger partial charge on any atom is -0.383 e. The zero-order valence-corrected chi connectivity index (χ0v) is 12.1. The van der Waals surface area contributed by atoms with E-state index in [4.69, 9.17) is 4.74 Å². The summed E-state index contributed by atoms with van der Waals surface area (Å²) >= 11 is 1.51. The van der Waals surface area contributed by atoms with Crippen LogP contribution in [0.3, 0.4) is 0 Å². The van der Waals surface area contributed by atoms with Gasteiger partial charge in [-0.25, -0.2) is 0 Å². The van der Waals surface area contributed by atoms with Crippen LogP contribution in [0.15, 0.2) is 11.4 Å². The van der Waals surface area contributed by atoms with E-state index >= 15 is 0 Å². The third-order valence-electron chi connectivity index (χ3n) is 2.59. The van der Waals surface area contributed by atoms with E-state index in [0.29, 0.717) is 19.1 Å². The Morgan fingerprint density at radius 2 is 2.17 bits per heavy atom. The predicted molar refractivity (Wildman–Crippen MR) is 75.5 cm³/mol. The van der Waals surface area contributed by atoms with Crippen LogP contribution in [-0.2, 0) is 4.74 Å². The summed E-state index contributed by atoms with van der Waals surface area (Å²) in [6.07, 6.45) is 0. The summed E-state index contributed by atoms with van der Waals surface area (Å²) in [5.41, 5.74) is 1.13. The van der Waals surface area contributed by atoms with Crippen molar-refractivity contribution in [3.8, 4) is 0 Å². The Morgan fingerprint density at radius 1 is 1.39 bits per heavy atom. The number of hydrogen-bond acceptors (Lipinski definition) is 4. The molecule has 0 aliphatic carbocycles. The van der Waals surface area contributed by atoms with E-state index in [9.17, 15) is 4.79 Å². The van der Waals surface area contributed by atoms with E-state index in [1.165, 1.54) is 11.3 Å². The first-order valence-electron chi connectivity index (χ1n) is 6.22. The lowest BCUT2D eigenvalue weighted by molar-refractivity contribution is 0.0956. The van der Waals surface area contributed by atoms with E-state index in [2.05, 4.69) is 24.5 Å². The van der Waals surface area contributed by atoms with Crippen LogP contribution in [0.4, 0.5) is 0 Å². The van der Waals surface area contributed by atoms with Gasteiger partial charge in [-0.15, -0.1) is 11.3 Å². The molecule has 0 atom stereocenters. The van der Waals surface area contributed by atoms with Crippen LogP contribution in [0, 0.1) is 0 Å². The zero-order valence-electron chi connectivity index (χ0n) is 11.3. The fourth-order valence-electron chi connectivity index (χ4n) is 1.60. The van der Waals surface area contributed by atoms with Crippen molar-refractivity contribution in [2.45, 2.75) is 19.8 Å². The van der Waals surface area contributed by atoms with Crippen molar-refractivity contribution in [1.29, 1.82) is 0 Å². The van der Waals surface area contributed by atoms with Crippen molar-refractivity contribution in [3.05, 3.63) is 21.9 Å². The van der Waals surface area contributed by atoms with Crippen LogP contribution in [0.1, 0.15) is 35.0 Å². The summed E-state index contributed by atoms with van der Waals surface area (Å²) < 4.78 is 4.92. The molecule has 1 amide bonds. The van der Waals surface area contributed by atoms with Crippen LogP contribution >= 0.6 is 11.3 Å². The molecule has 1 aromatic heterocycles. The molecule has 0 spiro atoms. The highest BCUT2D eigenvalue weighted by Crippen LogP contribution is 2.24. The van der Waals surface area contributed by atoms with Crippen molar-refractivity contribution >= 4 is 17.2 Å². The third-order valence-corrected chi connectivity index (χ3v) is 3.52. The Hall–Kier alpha value is -0.910. The molecule has 0 bridgehead atoms. The Labute approximate surface area is 113 Å². The molecule has 1 aromatic rings. The van der Waals surface area contributed by atoms with Crippen molar-refractivity contribution < 1.29 is 9.53 Å². The highest BCUT2D eigenvalue weighted by atomic mass is 32.1. The molecule has 0 aliphatic rings. The summed E-state index contributed by atoms with van der Waals surface area (Å²) in [5.74, 6) is 0.416. The van der Waals surface area contributed by atoms with Crippen molar-refractivity contribution in [3.63, 3.8) is 0 Å². The molecule has 0 fully saturated rings. The van der Waals surface area contributed by atoms with Crippen LogP contribution in [-0.4, -0.2) is 39.3 Å². The average molecular weight is 270 g/mol. The highest BCUT2D eigenvalue weighted by Gasteiger charge is 2.14. The molecule has 0 aliphatic heterocycles.